The summed E-state index contributed by atoms with van der Waals surface area (Å²) in [6.45, 7) is 7.51. The summed E-state index contributed by atoms with van der Waals surface area (Å²) in [7, 11) is 0. The monoisotopic (exact) mass is 375 g/mol. The molecule has 0 aromatic heterocycles. The van der Waals surface area contributed by atoms with Crippen molar-refractivity contribution in [2.75, 3.05) is 12.0 Å². The van der Waals surface area contributed by atoms with Crippen molar-refractivity contribution in [3.05, 3.63) is 0 Å². The van der Waals surface area contributed by atoms with Gasteiger partial charge in [0.1, 0.15) is 12.1 Å². The van der Waals surface area contributed by atoms with E-state index in [1.165, 1.54) is 0 Å². The van der Waals surface area contributed by atoms with Gasteiger partial charge in [-0.1, -0.05) is 34.1 Å². The lowest BCUT2D eigenvalue weighted by Gasteiger charge is -2.26. The quantitative estimate of drug-likeness (QED) is 0.407. The summed E-state index contributed by atoms with van der Waals surface area (Å²) < 4.78 is 0. The predicted molar refractivity (Wildman–Crippen MR) is 101 cm³/mol. The van der Waals surface area contributed by atoms with Gasteiger partial charge < -0.3 is 21.5 Å². The molecule has 146 valence electrons. The number of rotatable bonds is 12. The van der Waals surface area contributed by atoms with Crippen LogP contribution in [0.5, 0.6) is 0 Å². The summed E-state index contributed by atoms with van der Waals surface area (Å²) in [6.07, 6.45) is 3.49. The summed E-state index contributed by atoms with van der Waals surface area (Å²) in [5.41, 5.74) is 5.85. The molecule has 0 spiro atoms. The lowest BCUT2D eigenvalue weighted by Crippen LogP contribution is -2.56. The van der Waals surface area contributed by atoms with Crippen molar-refractivity contribution in [1.82, 2.24) is 10.6 Å². The van der Waals surface area contributed by atoms with E-state index in [0.717, 1.165) is 5.75 Å². The Labute approximate surface area is 154 Å². The molecule has 7 nitrogen and oxygen atoms in total. The fourth-order valence-electron chi connectivity index (χ4n) is 2.29. The normalized spacial score (nSPS) is 16.0. The molecule has 0 saturated carbocycles. The molecule has 0 fully saturated rings. The summed E-state index contributed by atoms with van der Waals surface area (Å²) in [6, 6.07) is -2.45. The standard InChI is InChI=1S/C17H33N3O4S/c1-6-11(4)14(17(23)24)20-16(22)13(9-10(2)3)19-15(21)12(18)7-8-25-5/h10-14H,6-9,18H2,1-5H3,(H,19,21)(H,20,22)(H,23,24). The number of nitrogens with two attached hydrogens (primary N) is 1. The Morgan fingerprint density at radius 2 is 1.72 bits per heavy atom. The van der Waals surface area contributed by atoms with Crippen LogP contribution in [0, 0.1) is 11.8 Å². The van der Waals surface area contributed by atoms with Crippen molar-refractivity contribution in [2.24, 2.45) is 17.6 Å². The second-order valence-electron chi connectivity index (χ2n) is 6.79. The van der Waals surface area contributed by atoms with Crippen molar-refractivity contribution >= 4 is 29.5 Å². The van der Waals surface area contributed by atoms with Gasteiger partial charge in [-0.25, -0.2) is 4.79 Å². The summed E-state index contributed by atoms with van der Waals surface area (Å²) >= 11 is 1.60. The highest BCUT2D eigenvalue weighted by atomic mass is 32.2. The van der Waals surface area contributed by atoms with Crippen LogP contribution < -0.4 is 16.4 Å². The van der Waals surface area contributed by atoms with E-state index in [2.05, 4.69) is 10.6 Å². The number of hydrogen-bond donors (Lipinski definition) is 4. The molecule has 0 bridgehead atoms. The number of aliphatic carboxylic acids is 1. The second kappa shape index (κ2) is 12.1. The van der Waals surface area contributed by atoms with Gasteiger partial charge in [-0.05, 0) is 36.7 Å². The summed E-state index contributed by atoms with van der Waals surface area (Å²) in [4.78, 5) is 36.2. The van der Waals surface area contributed by atoms with Crippen LogP contribution in [-0.4, -0.2) is 53.0 Å². The molecule has 0 saturated heterocycles. The van der Waals surface area contributed by atoms with Gasteiger partial charge in [0.05, 0.1) is 6.04 Å². The van der Waals surface area contributed by atoms with Crippen molar-refractivity contribution in [1.29, 1.82) is 0 Å². The van der Waals surface area contributed by atoms with E-state index in [-0.39, 0.29) is 17.7 Å². The summed E-state index contributed by atoms with van der Waals surface area (Å²) in [5, 5.41) is 14.6. The zero-order chi connectivity index (χ0) is 19.6. The molecule has 8 heteroatoms. The van der Waals surface area contributed by atoms with Gasteiger partial charge in [0.2, 0.25) is 11.8 Å². The molecule has 5 N–H and O–H groups in total. The number of carboxylic acids is 1. The maximum atomic E-state index is 12.6. The first-order valence-electron chi connectivity index (χ1n) is 8.72. The van der Waals surface area contributed by atoms with Gasteiger partial charge in [-0.3, -0.25) is 9.59 Å². The minimum absolute atomic E-state index is 0.158. The first kappa shape index (κ1) is 23.7. The zero-order valence-corrected chi connectivity index (χ0v) is 16.7. The number of carbonyl (C=O) groups excluding carboxylic acids is 2. The van der Waals surface area contributed by atoms with Crippen LogP contribution in [0.25, 0.3) is 0 Å². The lowest BCUT2D eigenvalue weighted by atomic mass is 9.97. The average Bonchev–Trinajstić information content (AvgIpc) is 2.54. The molecule has 0 aliphatic rings. The molecule has 0 aromatic carbocycles. The molecule has 0 aliphatic carbocycles. The van der Waals surface area contributed by atoms with Crippen LogP contribution in [0.1, 0.15) is 47.0 Å². The molecular formula is C17H33N3O4S. The molecule has 0 rings (SSSR count). The van der Waals surface area contributed by atoms with E-state index in [1.54, 1.807) is 18.7 Å². The van der Waals surface area contributed by atoms with Crippen LogP contribution >= 0.6 is 11.8 Å². The fraction of sp³-hybridized carbons (Fsp3) is 0.824. The third kappa shape index (κ3) is 9.11. The first-order valence-corrected chi connectivity index (χ1v) is 10.1. The van der Waals surface area contributed by atoms with Crippen LogP contribution in [0.15, 0.2) is 0 Å². The van der Waals surface area contributed by atoms with E-state index in [9.17, 15) is 19.5 Å². The van der Waals surface area contributed by atoms with E-state index >= 15 is 0 Å². The number of nitrogens with one attached hydrogen (secondary N) is 2. The highest BCUT2D eigenvalue weighted by molar-refractivity contribution is 7.98. The van der Waals surface area contributed by atoms with Crippen LogP contribution in [0.3, 0.4) is 0 Å². The van der Waals surface area contributed by atoms with Crippen molar-refractivity contribution in [2.45, 2.75) is 65.1 Å². The SMILES string of the molecule is CCC(C)C(NC(=O)C(CC(C)C)NC(=O)C(N)CCSC)C(=O)O. The minimum atomic E-state index is -1.08. The Bertz CT molecular complexity index is 446. The largest absolute Gasteiger partial charge is 0.480 e. The number of hydrogen-bond acceptors (Lipinski definition) is 5. The van der Waals surface area contributed by atoms with Crippen LogP contribution in [-0.2, 0) is 14.4 Å². The molecule has 4 unspecified atom stereocenters. The molecule has 0 aromatic rings. The number of thioether (sulfide) groups is 1. The molecule has 0 radical (unpaired) electrons. The molecule has 25 heavy (non-hydrogen) atoms. The average molecular weight is 376 g/mol. The van der Waals surface area contributed by atoms with Crippen molar-refractivity contribution in [3.8, 4) is 0 Å². The Morgan fingerprint density at radius 1 is 1.12 bits per heavy atom. The second-order valence-corrected chi connectivity index (χ2v) is 7.77. The summed E-state index contributed by atoms with van der Waals surface area (Å²) in [5.74, 6) is -1.23. The Hall–Kier alpha value is -1.28. The van der Waals surface area contributed by atoms with E-state index in [0.29, 0.717) is 19.3 Å². The van der Waals surface area contributed by atoms with E-state index in [4.69, 9.17) is 5.73 Å². The first-order chi connectivity index (χ1) is 11.6. The van der Waals surface area contributed by atoms with Crippen molar-refractivity contribution in [3.63, 3.8) is 0 Å². The van der Waals surface area contributed by atoms with Gasteiger partial charge in [-0.15, -0.1) is 0 Å². The molecular weight excluding hydrogens is 342 g/mol. The maximum absolute atomic E-state index is 12.6. The third-order valence-electron chi connectivity index (χ3n) is 4.09. The van der Waals surface area contributed by atoms with Crippen molar-refractivity contribution < 1.29 is 19.5 Å². The van der Waals surface area contributed by atoms with Gasteiger partial charge >= 0.3 is 5.97 Å². The smallest absolute Gasteiger partial charge is 0.326 e. The Balaban J connectivity index is 5.02. The van der Waals surface area contributed by atoms with E-state index in [1.807, 2.05) is 27.0 Å². The van der Waals surface area contributed by atoms with Gasteiger partial charge in [0.15, 0.2) is 0 Å². The zero-order valence-electron chi connectivity index (χ0n) is 15.9. The molecule has 0 aliphatic heterocycles. The van der Waals surface area contributed by atoms with Gasteiger partial charge in [0.25, 0.3) is 0 Å². The van der Waals surface area contributed by atoms with Gasteiger partial charge in [-0.2, -0.15) is 11.8 Å². The van der Waals surface area contributed by atoms with E-state index < -0.39 is 30.0 Å². The minimum Gasteiger partial charge on any atom is -0.480 e. The van der Waals surface area contributed by atoms with Crippen LogP contribution in [0.2, 0.25) is 0 Å². The fourth-order valence-corrected chi connectivity index (χ4v) is 2.78. The topological polar surface area (TPSA) is 122 Å². The highest BCUT2D eigenvalue weighted by Gasteiger charge is 2.30. The molecule has 2 amide bonds. The third-order valence-corrected chi connectivity index (χ3v) is 4.73. The van der Waals surface area contributed by atoms with Crippen LogP contribution in [0.4, 0.5) is 0 Å². The number of amides is 2. The Kier molecular flexibility index (Phi) is 11.5. The Morgan fingerprint density at radius 3 is 2.16 bits per heavy atom. The number of carboxylic acid groups (broad SMARTS) is 1. The van der Waals surface area contributed by atoms with Gasteiger partial charge in [0, 0.05) is 0 Å². The molecule has 0 heterocycles. The maximum Gasteiger partial charge on any atom is 0.326 e. The predicted octanol–water partition coefficient (Wildman–Crippen LogP) is 1.21. The lowest BCUT2D eigenvalue weighted by molar-refractivity contribution is -0.143. The number of carbonyl (C=O) groups is 3. The highest BCUT2D eigenvalue weighted by Crippen LogP contribution is 2.11. The molecule has 4 atom stereocenters.